The highest BCUT2D eigenvalue weighted by Crippen LogP contribution is 2.21. The van der Waals surface area contributed by atoms with Crippen molar-refractivity contribution in [2.75, 3.05) is 23.7 Å². The standard InChI is InChI=1S/C24H23BrN4O2S/c25-18-6-10-21(11-7-18)32(31)22-12-8-19(9-13-22)27-24(30)28-20-5-3-4-17(16-20)23(26)29-14-1-2-15-29/h3-13,16,26H,1-2,14-15H2,(H2,27,28,30). The highest BCUT2D eigenvalue weighted by atomic mass is 79.9. The van der Waals surface area contributed by atoms with Crippen LogP contribution in [0.2, 0.25) is 0 Å². The number of nitrogens with zero attached hydrogens (tertiary/aromatic N) is 1. The fourth-order valence-corrected chi connectivity index (χ4v) is 4.82. The lowest BCUT2D eigenvalue weighted by Crippen LogP contribution is -2.27. The molecule has 0 radical (unpaired) electrons. The highest BCUT2D eigenvalue weighted by molar-refractivity contribution is 9.10. The van der Waals surface area contributed by atoms with Crippen LogP contribution in [-0.2, 0) is 10.8 Å². The summed E-state index contributed by atoms with van der Waals surface area (Å²) in [7, 11) is -1.29. The molecule has 32 heavy (non-hydrogen) atoms. The molecule has 6 nitrogen and oxygen atoms in total. The molecular formula is C24H23BrN4O2S. The van der Waals surface area contributed by atoms with Crippen LogP contribution in [0.1, 0.15) is 18.4 Å². The Labute approximate surface area is 198 Å². The van der Waals surface area contributed by atoms with Crippen LogP contribution >= 0.6 is 15.9 Å². The Bertz CT molecular complexity index is 1140. The maximum Gasteiger partial charge on any atom is 0.323 e. The lowest BCUT2D eigenvalue weighted by atomic mass is 10.1. The predicted octanol–water partition coefficient (Wildman–Crippen LogP) is 5.68. The van der Waals surface area contributed by atoms with Crippen LogP contribution in [0.3, 0.4) is 0 Å². The summed E-state index contributed by atoms with van der Waals surface area (Å²) in [5.41, 5.74) is 2.00. The molecule has 0 bridgehead atoms. The number of rotatable bonds is 5. The smallest absolute Gasteiger partial charge is 0.323 e. The summed E-state index contributed by atoms with van der Waals surface area (Å²) in [5, 5.41) is 14.0. The van der Waals surface area contributed by atoms with Crippen molar-refractivity contribution < 1.29 is 9.00 Å². The Morgan fingerprint density at radius 2 is 1.47 bits per heavy atom. The van der Waals surface area contributed by atoms with Crippen molar-refractivity contribution in [2.45, 2.75) is 22.6 Å². The van der Waals surface area contributed by atoms with E-state index in [1.165, 1.54) is 0 Å². The van der Waals surface area contributed by atoms with Crippen molar-refractivity contribution >= 4 is 50.0 Å². The van der Waals surface area contributed by atoms with Gasteiger partial charge in [0.2, 0.25) is 0 Å². The van der Waals surface area contributed by atoms with E-state index in [9.17, 15) is 9.00 Å². The van der Waals surface area contributed by atoms with Crippen LogP contribution in [0.15, 0.2) is 87.1 Å². The molecule has 164 valence electrons. The number of halogens is 1. The van der Waals surface area contributed by atoms with Gasteiger partial charge < -0.3 is 15.5 Å². The fourth-order valence-electron chi connectivity index (χ4n) is 3.52. The second kappa shape index (κ2) is 10.1. The van der Waals surface area contributed by atoms with Gasteiger partial charge in [-0.05, 0) is 73.5 Å². The van der Waals surface area contributed by atoms with Crippen LogP contribution in [-0.4, -0.2) is 34.1 Å². The predicted molar refractivity (Wildman–Crippen MR) is 132 cm³/mol. The van der Waals surface area contributed by atoms with Crippen molar-refractivity contribution in [3.63, 3.8) is 0 Å². The molecular weight excluding hydrogens is 488 g/mol. The van der Waals surface area contributed by atoms with E-state index in [1.807, 2.05) is 42.5 Å². The van der Waals surface area contributed by atoms with Crippen LogP contribution in [0.4, 0.5) is 16.2 Å². The van der Waals surface area contributed by atoms with Gasteiger partial charge in [-0.2, -0.15) is 0 Å². The SMILES string of the molecule is N=C(c1cccc(NC(=O)Nc2ccc(S(=O)c3ccc(Br)cc3)cc2)c1)N1CCCC1. The first-order valence-electron chi connectivity index (χ1n) is 10.3. The highest BCUT2D eigenvalue weighted by Gasteiger charge is 2.16. The number of hydrogen-bond acceptors (Lipinski definition) is 3. The van der Waals surface area contributed by atoms with E-state index in [2.05, 4.69) is 31.5 Å². The van der Waals surface area contributed by atoms with Gasteiger partial charge in [0.05, 0.1) is 10.8 Å². The Morgan fingerprint density at radius 1 is 0.875 bits per heavy atom. The lowest BCUT2D eigenvalue weighted by Gasteiger charge is -2.19. The first-order valence-corrected chi connectivity index (χ1v) is 12.2. The number of likely N-dealkylation sites (tertiary alicyclic amines) is 1. The number of amides is 2. The number of carbonyl (C=O) groups excluding carboxylic acids is 1. The van der Waals surface area contributed by atoms with Gasteiger partial charge in [-0.1, -0.05) is 28.1 Å². The summed E-state index contributed by atoms with van der Waals surface area (Å²) >= 11 is 3.38. The molecule has 2 amide bonds. The normalized spacial score (nSPS) is 14.1. The van der Waals surface area contributed by atoms with Gasteiger partial charge in [-0.3, -0.25) is 5.41 Å². The molecule has 1 aliphatic rings. The largest absolute Gasteiger partial charge is 0.357 e. The van der Waals surface area contributed by atoms with Gasteiger partial charge in [0.15, 0.2) is 0 Å². The van der Waals surface area contributed by atoms with Crippen molar-refractivity contribution in [1.29, 1.82) is 5.41 Å². The van der Waals surface area contributed by atoms with E-state index in [-0.39, 0.29) is 6.03 Å². The van der Waals surface area contributed by atoms with Crippen molar-refractivity contribution in [2.24, 2.45) is 0 Å². The van der Waals surface area contributed by atoms with E-state index in [0.717, 1.165) is 36.0 Å². The number of anilines is 2. The molecule has 3 N–H and O–H groups in total. The first-order chi connectivity index (χ1) is 15.5. The zero-order valence-electron chi connectivity index (χ0n) is 17.3. The third kappa shape index (κ3) is 5.44. The van der Waals surface area contributed by atoms with Gasteiger partial charge in [-0.15, -0.1) is 0 Å². The van der Waals surface area contributed by atoms with Crippen molar-refractivity contribution in [3.05, 3.63) is 82.8 Å². The molecule has 0 spiro atoms. The molecule has 3 aromatic carbocycles. The zero-order chi connectivity index (χ0) is 22.5. The molecule has 1 fully saturated rings. The molecule has 8 heteroatoms. The maximum atomic E-state index is 12.7. The van der Waals surface area contributed by atoms with Crippen LogP contribution < -0.4 is 10.6 Å². The molecule has 0 aromatic heterocycles. The second-order valence-corrected chi connectivity index (χ2v) is 9.85. The Balaban J connectivity index is 1.37. The molecule has 0 aliphatic carbocycles. The monoisotopic (exact) mass is 510 g/mol. The zero-order valence-corrected chi connectivity index (χ0v) is 19.7. The van der Waals surface area contributed by atoms with E-state index in [1.54, 1.807) is 30.3 Å². The van der Waals surface area contributed by atoms with Gasteiger partial charge >= 0.3 is 6.03 Å². The maximum absolute atomic E-state index is 12.7. The van der Waals surface area contributed by atoms with Crippen molar-refractivity contribution in [1.82, 2.24) is 4.90 Å². The number of hydrogen-bond donors (Lipinski definition) is 3. The van der Waals surface area contributed by atoms with Gasteiger partial charge in [0.1, 0.15) is 5.84 Å². The number of carbonyl (C=O) groups is 1. The van der Waals surface area contributed by atoms with Gasteiger partial charge in [0, 0.05) is 44.3 Å². The van der Waals surface area contributed by atoms with Crippen LogP contribution in [0.5, 0.6) is 0 Å². The van der Waals surface area contributed by atoms with Gasteiger partial charge in [-0.25, -0.2) is 9.00 Å². The Hall–Kier alpha value is -2.97. The molecule has 4 rings (SSSR count). The van der Waals surface area contributed by atoms with Crippen LogP contribution in [0.25, 0.3) is 0 Å². The summed E-state index contributed by atoms with van der Waals surface area (Å²) in [5.74, 6) is 0.487. The number of benzene rings is 3. The average molecular weight is 511 g/mol. The quantitative estimate of drug-likeness (QED) is 0.304. The number of urea groups is 1. The third-order valence-electron chi connectivity index (χ3n) is 5.17. The van der Waals surface area contributed by atoms with Gasteiger partial charge in [0.25, 0.3) is 0 Å². The number of amidine groups is 1. The first kappa shape index (κ1) is 22.2. The van der Waals surface area contributed by atoms with E-state index >= 15 is 0 Å². The second-order valence-electron chi connectivity index (χ2n) is 7.45. The topological polar surface area (TPSA) is 85.3 Å². The molecule has 1 heterocycles. The van der Waals surface area contributed by atoms with Crippen LogP contribution in [0, 0.1) is 5.41 Å². The lowest BCUT2D eigenvalue weighted by molar-refractivity contribution is 0.262. The summed E-state index contributed by atoms with van der Waals surface area (Å²) in [4.78, 5) is 15.9. The summed E-state index contributed by atoms with van der Waals surface area (Å²) < 4.78 is 13.6. The average Bonchev–Trinajstić information content (AvgIpc) is 3.34. The summed E-state index contributed by atoms with van der Waals surface area (Å²) in [6, 6.07) is 21.2. The molecule has 1 saturated heterocycles. The molecule has 0 saturated carbocycles. The summed E-state index contributed by atoms with van der Waals surface area (Å²) in [6.07, 6.45) is 2.22. The van der Waals surface area contributed by atoms with Crippen molar-refractivity contribution in [3.8, 4) is 0 Å². The Kier molecular flexibility index (Phi) is 7.02. The molecule has 1 atom stereocenters. The summed E-state index contributed by atoms with van der Waals surface area (Å²) in [6.45, 7) is 1.80. The molecule has 3 aromatic rings. The minimum atomic E-state index is -1.29. The van der Waals surface area contributed by atoms with E-state index in [0.29, 0.717) is 27.0 Å². The molecule has 1 unspecified atom stereocenters. The van der Waals surface area contributed by atoms with E-state index in [4.69, 9.17) is 5.41 Å². The number of nitrogens with one attached hydrogen (secondary N) is 3. The minimum absolute atomic E-state index is 0.378. The Morgan fingerprint density at radius 3 is 2.12 bits per heavy atom. The fraction of sp³-hybridized carbons (Fsp3) is 0.167. The third-order valence-corrected chi connectivity index (χ3v) is 7.10. The minimum Gasteiger partial charge on any atom is -0.357 e. The molecule has 1 aliphatic heterocycles. The van der Waals surface area contributed by atoms with E-state index < -0.39 is 10.8 Å².